The first-order valence-electron chi connectivity index (χ1n) is 13.2. The molecule has 1 N–H and O–H groups in total. The summed E-state index contributed by atoms with van der Waals surface area (Å²) in [5.74, 6) is 0.217. The number of carboxylic acids is 1. The predicted octanol–water partition coefficient (Wildman–Crippen LogP) is 5.56. The van der Waals surface area contributed by atoms with Crippen LogP contribution in [0.4, 0.5) is 19.0 Å². The van der Waals surface area contributed by atoms with Crippen molar-refractivity contribution in [1.29, 1.82) is 0 Å². The van der Waals surface area contributed by atoms with Crippen LogP contribution in [0.3, 0.4) is 0 Å². The second-order valence-electron chi connectivity index (χ2n) is 10.5. The number of pyridine rings is 1. The monoisotopic (exact) mass is 559 g/mol. The minimum Gasteiger partial charge on any atom is -0.478 e. The van der Waals surface area contributed by atoms with Gasteiger partial charge in [-0.15, -0.1) is 13.2 Å². The predicted molar refractivity (Wildman–Crippen MR) is 135 cm³/mol. The molecule has 3 aromatic rings. The van der Waals surface area contributed by atoms with Gasteiger partial charge < -0.3 is 28.7 Å². The third-order valence-electron chi connectivity index (χ3n) is 7.77. The van der Waals surface area contributed by atoms with Gasteiger partial charge in [-0.05, 0) is 49.9 Å². The lowest BCUT2D eigenvalue weighted by Gasteiger charge is -2.39. The molecule has 1 unspecified atom stereocenters. The smallest absolute Gasteiger partial charge is 0.478 e. The molecule has 3 fully saturated rings. The van der Waals surface area contributed by atoms with E-state index in [0.717, 1.165) is 31.5 Å². The van der Waals surface area contributed by atoms with E-state index in [1.807, 2.05) is 0 Å². The molecule has 4 heterocycles. The lowest BCUT2D eigenvalue weighted by Crippen LogP contribution is -2.44. The number of aromatic carboxylic acids is 1. The molecule has 6 rings (SSSR count). The normalized spacial score (nSPS) is 20.7. The van der Waals surface area contributed by atoms with Crippen molar-refractivity contribution in [2.45, 2.75) is 62.7 Å². The highest BCUT2D eigenvalue weighted by Crippen LogP contribution is 2.46. The van der Waals surface area contributed by atoms with Crippen LogP contribution in [0.2, 0.25) is 0 Å². The first-order chi connectivity index (χ1) is 19.2. The fraction of sp³-hybridized carbons (Fsp3) is 0.464. The second-order valence-corrected chi connectivity index (χ2v) is 10.5. The van der Waals surface area contributed by atoms with E-state index >= 15 is 0 Å². The molecule has 1 atom stereocenters. The number of piperidine rings is 1. The van der Waals surface area contributed by atoms with Crippen LogP contribution < -0.4 is 9.64 Å². The van der Waals surface area contributed by atoms with Gasteiger partial charge in [0.15, 0.2) is 0 Å². The maximum absolute atomic E-state index is 13.0. The number of carbonyl (C=O) groups is 1. The molecule has 12 heteroatoms. The summed E-state index contributed by atoms with van der Waals surface area (Å²) in [5, 5.41) is 13.2. The third-order valence-corrected chi connectivity index (χ3v) is 7.77. The Labute approximate surface area is 227 Å². The zero-order valence-corrected chi connectivity index (χ0v) is 21.5. The molecular weight excluding hydrogens is 531 g/mol. The maximum Gasteiger partial charge on any atom is 0.573 e. The van der Waals surface area contributed by atoms with Gasteiger partial charge >= 0.3 is 12.3 Å². The number of hydrogen-bond acceptors (Lipinski definition) is 8. The molecule has 212 valence electrons. The highest BCUT2D eigenvalue weighted by Gasteiger charge is 2.44. The van der Waals surface area contributed by atoms with Crippen LogP contribution in [0.5, 0.6) is 5.75 Å². The summed E-state index contributed by atoms with van der Waals surface area (Å²) in [7, 11) is 0. The van der Waals surface area contributed by atoms with Crippen molar-refractivity contribution in [2.75, 3.05) is 24.6 Å². The van der Waals surface area contributed by atoms with Crippen molar-refractivity contribution in [3.05, 3.63) is 59.5 Å². The van der Waals surface area contributed by atoms with Gasteiger partial charge in [0.1, 0.15) is 23.0 Å². The Morgan fingerprint density at radius 1 is 1.15 bits per heavy atom. The number of halogens is 3. The lowest BCUT2D eigenvalue weighted by atomic mass is 9.88. The van der Waals surface area contributed by atoms with E-state index in [2.05, 4.69) is 19.8 Å². The highest BCUT2D eigenvalue weighted by molar-refractivity contribution is 5.87. The number of benzene rings is 1. The van der Waals surface area contributed by atoms with Crippen molar-refractivity contribution in [3.8, 4) is 17.0 Å². The largest absolute Gasteiger partial charge is 0.573 e. The van der Waals surface area contributed by atoms with Crippen LogP contribution in [0.25, 0.3) is 11.3 Å². The molecule has 1 saturated carbocycles. The van der Waals surface area contributed by atoms with Gasteiger partial charge in [-0.3, -0.25) is 0 Å². The number of aromatic nitrogens is 2. The molecule has 9 nitrogen and oxygen atoms in total. The van der Waals surface area contributed by atoms with Crippen LogP contribution in [-0.2, 0) is 16.1 Å². The Balaban J connectivity index is 1.11. The van der Waals surface area contributed by atoms with E-state index in [-0.39, 0.29) is 41.1 Å². The molecule has 0 radical (unpaired) electrons. The molecule has 40 heavy (non-hydrogen) atoms. The number of anilines is 1. The number of para-hydroxylation sites is 1. The summed E-state index contributed by atoms with van der Waals surface area (Å²) in [6.07, 6.45) is 0.437. The zero-order valence-electron chi connectivity index (χ0n) is 21.5. The van der Waals surface area contributed by atoms with E-state index in [9.17, 15) is 18.0 Å². The molecule has 0 amide bonds. The van der Waals surface area contributed by atoms with Crippen LogP contribution in [0.15, 0.2) is 47.1 Å². The van der Waals surface area contributed by atoms with Crippen molar-refractivity contribution in [2.24, 2.45) is 0 Å². The van der Waals surface area contributed by atoms with Crippen LogP contribution in [0.1, 0.15) is 59.7 Å². The minimum atomic E-state index is -4.83. The van der Waals surface area contributed by atoms with E-state index in [4.69, 9.17) is 19.1 Å². The summed E-state index contributed by atoms with van der Waals surface area (Å²) >= 11 is 0. The van der Waals surface area contributed by atoms with Gasteiger partial charge in [0.2, 0.25) is 0 Å². The minimum absolute atomic E-state index is 0.140. The van der Waals surface area contributed by atoms with E-state index in [1.54, 1.807) is 18.2 Å². The number of alkyl halides is 3. The first kappa shape index (κ1) is 26.6. The number of hydrogen-bond donors (Lipinski definition) is 1. The second kappa shape index (κ2) is 10.4. The quantitative estimate of drug-likeness (QED) is 0.380. The van der Waals surface area contributed by atoms with E-state index in [0.29, 0.717) is 43.1 Å². The Morgan fingerprint density at radius 3 is 2.60 bits per heavy atom. The Morgan fingerprint density at radius 2 is 1.93 bits per heavy atom. The van der Waals surface area contributed by atoms with Crippen molar-refractivity contribution >= 4 is 11.8 Å². The lowest BCUT2D eigenvalue weighted by molar-refractivity contribution is -0.274. The van der Waals surface area contributed by atoms with Crippen molar-refractivity contribution < 1.29 is 41.8 Å². The van der Waals surface area contributed by atoms with Gasteiger partial charge in [-0.2, -0.15) is 0 Å². The highest BCUT2D eigenvalue weighted by atomic mass is 19.4. The van der Waals surface area contributed by atoms with Gasteiger partial charge in [-0.25, -0.2) is 9.78 Å². The number of ether oxygens (including phenoxy) is 3. The molecule has 2 aromatic heterocycles. The fourth-order valence-electron chi connectivity index (χ4n) is 5.52. The Hall–Kier alpha value is -3.64. The summed E-state index contributed by atoms with van der Waals surface area (Å²) in [6.45, 7) is 1.98. The third kappa shape index (κ3) is 5.64. The zero-order chi connectivity index (χ0) is 27.9. The van der Waals surface area contributed by atoms with Gasteiger partial charge in [0.05, 0.1) is 30.5 Å². The summed E-state index contributed by atoms with van der Waals surface area (Å²) in [4.78, 5) is 17.5. The summed E-state index contributed by atoms with van der Waals surface area (Å²) < 4.78 is 61.5. The number of carboxylic acid groups (broad SMARTS) is 1. The molecular formula is C28H28F3N3O6. The number of rotatable bonds is 8. The van der Waals surface area contributed by atoms with Gasteiger partial charge in [0, 0.05) is 42.8 Å². The van der Waals surface area contributed by atoms with Gasteiger partial charge in [0.25, 0.3) is 0 Å². The van der Waals surface area contributed by atoms with Crippen molar-refractivity contribution in [1.82, 2.24) is 10.1 Å². The SMILES string of the molecule is O=C(O)c1ccc(N2CCC3(CC2)CC(OCc2c(-c4ccccc4OC(F)(F)F)noc2C2CC2)CO3)nc1. The molecule has 2 saturated heterocycles. The standard InChI is InChI=1S/C28H28F3N3O6/c29-28(30,31)39-22-4-2-1-3-20(22)24-21(25(40-33-24)17-5-6-17)16-37-19-13-27(38-15-19)9-11-34(12-10-27)23-8-7-18(14-32-23)26(35)36/h1-4,7-8,14,17,19H,5-6,9-13,15-16H2,(H,35,36). The topological polar surface area (TPSA) is 107 Å². The number of nitrogens with zero attached hydrogens (tertiary/aromatic N) is 3. The molecule has 2 aliphatic heterocycles. The summed E-state index contributed by atoms with van der Waals surface area (Å²) in [6, 6.07) is 9.17. The molecule has 1 aliphatic carbocycles. The molecule has 1 spiro atoms. The van der Waals surface area contributed by atoms with Gasteiger partial charge in [-0.1, -0.05) is 17.3 Å². The molecule has 0 bridgehead atoms. The fourth-order valence-corrected chi connectivity index (χ4v) is 5.52. The average molecular weight is 560 g/mol. The first-order valence-corrected chi connectivity index (χ1v) is 13.2. The summed E-state index contributed by atoms with van der Waals surface area (Å²) in [5.41, 5.74) is 0.961. The van der Waals surface area contributed by atoms with E-state index in [1.165, 1.54) is 24.4 Å². The maximum atomic E-state index is 13.0. The van der Waals surface area contributed by atoms with Crippen molar-refractivity contribution in [3.63, 3.8) is 0 Å². The average Bonchev–Trinajstić information content (AvgIpc) is 3.57. The van der Waals surface area contributed by atoms with Crippen LogP contribution in [-0.4, -0.2) is 59.0 Å². The van der Waals surface area contributed by atoms with Crippen LogP contribution in [0, 0.1) is 0 Å². The molecule has 3 aliphatic rings. The Bertz CT molecular complexity index is 1360. The molecule has 1 aromatic carbocycles. The Kier molecular flexibility index (Phi) is 6.91. The van der Waals surface area contributed by atoms with E-state index < -0.39 is 12.3 Å². The van der Waals surface area contributed by atoms with Crippen LogP contribution >= 0.6 is 0 Å².